The Balaban J connectivity index is 0. The molecule has 0 unspecified atom stereocenters. The summed E-state index contributed by atoms with van der Waals surface area (Å²) in [7, 11) is 3.92. The van der Waals surface area contributed by atoms with Crippen LogP contribution in [-0.4, -0.2) is 42.5 Å². The molecule has 0 fully saturated rings. The highest BCUT2D eigenvalue weighted by Gasteiger charge is 1.97. The fourth-order valence-electron chi connectivity index (χ4n) is 0.627. The summed E-state index contributed by atoms with van der Waals surface area (Å²) in [5.74, 6) is -1.31. The molecule has 0 saturated carbocycles. The molecule has 0 rings (SSSR count). The van der Waals surface area contributed by atoms with E-state index in [0.717, 1.165) is 19.0 Å². The first-order chi connectivity index (χ1) is 7.31. The first kappa shape index (κ1) is 16.8. The number of nitrogens with zero attached hydrogens (tertiary/aromatic N) is 1. The van der Waals surface area contributed by atoms with Crippen LogP contribution >= 0.6 is 0 Å². The van der Waals surface area contributed by atoms with Gasteiger partial charge in [-0.3, -0.25) is 4.79 Å². The Labute approximate surface area is 96.2 Å². The van der Waals surface area contributed by atoms with Crippen LogP contribution in [0.25, 0.3) is 0 Å². The van der Waals surface area contributed by atoms with Crippen molar-refractivity contribution in [2.24, 2.45) is 5.73 Å². The first-order valence-corrected chi connectivity index (χ1v) is 4.78. The lowest BCUT2D eigenvalue weighted by molar-refractivity contribution is -0.132. The third-order valence-corrected chi connectivity index (χ3v) is 1.57. The van der Waals surface area contributed by atoms with E-state index in [2.05, 4.69) is 12.3 Å². The van der Waals surface area contributed by atoms with Crippen molar-refractivity contribution in [1.82, 2.24) is 4.90 Å². The Morgan fingerprint density at radius 1 is 1.44 bits per heavy atom. The van der Waals surface area contributed by atoms with Gasteiger partial charge in [-0.1, -0.05) is 12.7 Å². The first-order valence-electron chi connectivity index (χ1n) is 4.78. The summed E-state index contributed by atoms with van der Waals surface area (Å²) in [6.07, 6.45) is 3.59. The zero-order chi connectivity index (χ0) is 13.1. The summed E-state index contributed by atoms with van der Waals surface area (Å²) in [6, 6.07) is 0. The summed E-state index contributed by atoms with van der Waals surface area (Å²) >= 11 is 0. The van der Waals surface area contributed by atoms with Gasteiger partial charge in [0.2, 0.25) is 5.91 Å². The number of nitrogens with two attached hydrogens (primary N) is 1. The van der Waals surface area contributed by atoms with Gasteiger partial charge in [-0.05, 0) is 33.5 Å². The Hall–Kier alpha value is -1.62. The monoisotopic (exact) mass is 228 g/mol. The van der Waals surface area contributed by atoms with Gasteiger partial charge >= 0.3 is 5.97 Å². The highest BCUT2D eigenvalue weighted by Crippen LogP contribution is 1.95. The Bertz CT molecular complexity index is 270. The third-order valence-electron chi connectivity index (χ3n) is 1.57. The van der Waals surface area contributed by atoms with Crippen molar-refractivity contribution in [2.45, 2.75) is 13.3 Å². The van der Waals surface area contributed by atoms with E-state index in [0.29, 0.717) is 5.57 Å². The van der Waals surface area contributed by atoms with Gasteiger partial charge < -0.3 is 15.7 Å². The second-order valence-electron chi connectivity index (χ2n) is 3.39. The number of carbonyl (C=O) groups excluding carboxylic acids is 1. The average molecular weight is 228 g/mol. The van der Waals surface area contributed by atoms with E-state index in [-0.39, 0.29) is 0 Å². The highest BCUT2D eigenvalue weighted by molar-refractivity contribution is 5.85. The molecule has 0 aromatic carbocycles. The van der Waals surface area contributed by atoms with E-state index in [1.807, 2.05) is 19.0 Å². The number of carboxylic acids is 1. The van der Waals surface area contributed by atoms with Crippen molar-refractivity contribution in [2.75, 3.05) is 20.6 Å². The third kappa shape index (κ3) is 14.9. The minimum atomic E-state index is -0.830. The van der Waals surface area contributed by atoms with Crippen LogP contribution in [0.5, 0.6) is 0 Å². The smallest absolute Gasteiger partial charge is 0.330 e. The van der Waals surface area contributed by atoms with E-state index in [4.69, 9.17) is 5.11 Å². The SMILES string of the molecule is C=CC(N)=O.CC(=CCCN(C)C)C(=O)O. The molecule has 0 aromatic rings. The van der Waals surface area contributed by atoms with E-state index in [1.165, 1.54) is 0 Å². The Morgan fingerprint density at radius 3 is 2.12 bits per heavy atom. The summed E-state index contributed by atoms with van der Waals surface area (Å²) in [5, 5.41) is 8.47. The van der Waals surface area contributed by atoms with Crippen molar-refractivity contribution in [1.29, 1.82) is 0 Å². The lowest BCUT2D eigenvalue weighted by atomic mass is 10.2. The topological polar surface area (TPSA) is 83.6 Å². The quantitative estimate of drug-likeness (QED) is 0.676. The van der Waals surface area contributed by atoms with Crippen molar-refractivity contribution in [3.05, 3.63) is 24.3 Å². The fraction of sp³-hybridized carbons (Fsp3) is 0.455. The molecule has 0 saturated heterocycles. The molecule has 0 aromatic heterocycles. The van der Waals surface area contributed by atoms with Gasteiger partial charge in [-0.25, -0.2) is 4.79 Å². The van der Waals surface area contributed by atoms with E-state index >= 15 is 0 Å². The Morgan fingerprint density at radius 2 is 1.88 bits per heavy atom. The fourth-order valence-corrected chi connectivity index (χ4v) is 0.627. The van der Waals surface area contributed by atoms with Crippen LogP contribution in [0.1, 0.15) is 13.3 Å². The normalized spacial score (nSPS) is 10.4. The molecule has 0 aliphatic carbocycles. The molecule has 5 heteroatoms. The molecule has 16 heavy (non-hydrogen) atoms. The number of amides is 1. The number of rotatable bonds is 5. The standard InChI is InChI=1S/C8H15NO2.C3H5NO/c1-7(8(10)11)5-4-6-9(2)3;1-2-3(4)5/h5H,4,6H2,1-3H3,(H,10,11);2H,1H2,(H2,4,5). The molecule has 0 spiro atoms. The molecule has 0 radical (unpaired) electrons. The van der Waals surface area contributed by atoms with Gasteiger partial charge in [0.1, 0.15) is 0 Å². The lowest BCUT2D eigenvalue weighted by Gasteiger charge is -2.05. The lowest BCUT2D eigenvalue weighted by Crippen LogP contribution is -2.12. The van der Waals surface area contributed by atoms with E-state index in [9.17, 15) is 9.59 Å². The predicted octanol–water partition coefficient (Wildman–Crippen LogP) is 0.627. The van der Waals surface area contributed by atoms with Gasteiger partial charge in [0.05, 0.1) is 0 Å². The number of carboxylic acid groups (broad SMARTS) is 1. The number of carbonyl (C=O) groups is 2. The van der Waals surface area contributed by atoms with Crippen LogP contribution in [0.15, 0.2) is 24.3 Å². The summed E-state index contributed by atoms with van der Waals surface area (Å²) in [4.78, 5) is 21.8. The van der Waals surface area contributed by atoms with Crippen LogP contribution in [0.2, 0.25) is 0 Å². The summed E-state index contributed by atoms with van der Waals surface area (Å²) in [6.45, 7) is 5.59. The molecule has 3 N–H and O–H groups in total. The van der Waals surface area contributed by atoms with E-state index < -0.39 is 11.9 Å². The molecule has 0 atom stereocenters. The number of aliphatic carboxylic acids is 1. The molecule has 0 aliphatic rings. The minimum Gasteiger partial charge on any atom is -0.478 e. The highest BCUT2D eigenvalue weighted by atomic mass is 16.4. The van der Waals surface area contributed by atoms with Crippen molar-refractivity contribution >= 4 is 11.9 Å². The second-order valence-corrected chi connectivity index (χ2v) is 3.39. The molecule has 0 heterocycles. The second kappa shape index (κ2) is 9.92. The maximum atomic E-state index is 10.3. The molecular weight excluding hydrogens is 208 g/mol. The molecule has 5 nitrogen and oxygen atoms in total. The van der Waals surface area contributed by atoms with Gasteiger partial charge in [0, 0.05) is 12.1 Å². The molecule has 1 amide bonds. The largest absolute Gasteiger partial charge is 0.478 e. The number of hydrogen-bond donors (Lipinski definition) is 2. The van der Waals surface area contributed by atoms with Crippen molar-refractivity contribution in [3.8, 4) is 0 Å². The van der Waals surface area contributed by atoms with Crippen molar-refractivity contribution < 1.29 is 14.7 Å². The van der Waals surface area contributed by atoms with E-state index in [1.54, 1.807) is 13.0 Å². The van der Waals surface area contributed by atoms with Gasteiger partial charge in [0.15, 0.2) is 0 Å². The minimum absolute atomic E-state index is 0.423. The molecule has 92 valence electrons. The Kier molecular flexibility index (Phi) is 10.4. The molecule has 0 bridgehead atoms. The van der Waals surface area contributed by atoms with Crippen LogP contribution in [0, 0.1) is 0 Å². The van der Waals surface area contributed by atoms with Crippen molar-refractivity contribution in [3.63, 3.8) is 0 Å². The summed E-state index contributed by atoms with van der Waals surface area (Å²) in [5.41, 5.74) is 4.96. The zero-order valence-electron chi connectivity index (χ0n) is 10.1. The maximum Gasteiger partial charge on any atom is 0.330 e. The van der Waals surface area contributed by atoms with Gasteiger partial charge in [-0.2, -0.15) is 0 Å². The summed E-state index contributed by atoms with van der Waals surface area (Å²) < 4.78 is 0. The van der Waals surface area contributed by atoms with Crippen LogP contribution in [0.3, 0.4) is 0 Å². The number of primary amides is 1. The molecular formula is C11H20N2O3. The van der Waals surface area contributed by atoms with Gasteiger partial charge in [-0.15, -0.1) is 0 Å². The maximum absolute atomic E-state index is 10.3. The number of hydrogen-bond acceptors (Lipinski definition) is 3. The van der Waals surface area contributed by atoms with Crippen LogP contribution in [-0.2, 0) is 9.59 Å². The van der Waals surface area contributed by atoms with Crippen LogP contribution < -0.4 is 5.73 Å². The average Bonchev–Trinajstić information content (AvgIpc) is 2.17. The predicted molar refractivity (Wildman–Crippen MR) is 64.0 cm³/mol. The molecule has 0 aliphatic heterocycles. The zero-order valence-corrected chi connectivity index (χ0v) is 10.1. The van der Waals surface area contributed by atoms with Gasteiger partial charge in [0.25, 0.3) is 0 Å². The van der Waals surface area contributed by atoms with Crippen LogP contribution in [0.4, 0.5) is 0 Å².